The summed E-state index contributed by atoms with van der Waals surface area (Å²) in [6.07, 6.45) is -0.814. The fourth-order valence-electron chi connectivity index (χ4n) is 3.37. The van der Waals surface area contributed by atoms with Gasteiger partial charge in [-0.1, -0.05) is 54.6 Å². The number of thiophene rings is 1. The van der Waals surface area contributed by atoms with Gasteiger partial charge in [-0.25, -0.2) is 9.59 Å². The molecule has 3 rings (SSSR count). The Morgan fingerprint density at radius 1 is 1.06 bits per heavy atom. The van der Waals surface area contributed by atoms with Gasteiger partial charge in [0.15, 0.2) is 0 Å². The van der Waals surface area contributed by atoms with Crippen molar-refractivity contribution in [2.45, 2.75) is 52.5 Å². The molecule has 2 amide bonds. The van der Waals surface area contributed by atoms with E-state index in [2.05, 4.69) is 16.8 Å². The summed E-state index contributed by atoms with van der Waals surface area (Å²) in [6.45, 7) is 8.11. The van der Waals surface area contributed by atoms with Crippen LogP contribution in [0.3, 0.4) is 0 Å². The molecule has 3 aromatic rings. The molecule has 1 N–H and O–H groups in total. The molecular weight excluding hydrogens is 448 g/mol. The highest BCUT2D eigenvalue weighted by Crippen LogP contribution is 2.32. The van der Waals surface area contributed by atoms with Gasteiger partial charge in [-0.05, 0) is 61.4 Å². The van der Waals surface area contributed by atoms with Crippen LogP contribution < -0.4 is 5.32 Å². The van der Waals surface area contributed by atoms with Crippen LogP contribution in [-0.2, 0) is 22.6 Å². The lowest BCUT2D eigenvalue weighted by Gasteiger charge is -2.21. The van der Waals surface area contributed by atoms with Crippen molar-refractivity contribution in [2.75, 3.05) is 7.05 Å². The Bertz CT molecular complexity index is 1110. The standard InChI is InChI=1S/C27H32N2O4S/c1-19(28-25(30)33-27(2,3)4)24-15-22(18-34-24)23-14-10-9-13-21(23)16-29(5)26(31)32-17-20-11-7-6-8-12-20/h6-15,18-19H,16-17H2,1-5H3,(H,28,30). The van der Waals surface area contributed by atoms with E-state index in [9.17, 15) is 9.59 Å². The summed E-state index contributed by atoms with van der Waals surface area (Å²) < 4.78 is 10.8. The van der Waals surface area contributed by atoms with Crippen molar-refractivity contribution < 1.29 is 19.1 Å². The van der Waals surface area contributed by atoms with Gasteiger partial charge in [0, 0.05) is 18.5 Å². The zero-order valence-electron chi connectivity index (χ0n) is 20.3. The molecule has 1 unspecified atom stereocenters. The van der Waals surface area contributed by atoms with Crippen LogP contribution in [0.1, 0.15) is 49.7 Å². The molecule has 6 nitrogen and oxygen atoms in total. The molecule has 0 aliphatic carbocycles. The molecule has 0 radical (unpaired) electrons. The van der Waals surface area contributed by atoms with Crippen LogP contribution in [0.2, 0.25) is 0 Å². The zero-order chi connectivity index (χ0) is 24.7. The number of carbonyl (C=O) groups excluding carboxylic acids is 2. The van der Waals surface area contributed by atoms with Crippen LogP contribution in [0.4, 0.5) is 9.59 Å². The molecule has 1 aromatic heterocycles. The summed E-state index contributed by atoms with van der Waals surface area (Å²) in [5.41, 5.74) is 3.50. The third kappa shape index (κ3) is 7.35. The number of ether oxygens (including phenoxy) is 2. The van der Waals surface area contributed by atoms with Crippen LogP contribution >= 0.6 is 11.3 Å². The van der Waals surface area contributed by atoms with Gasteiger partial charge in [0.05, 0.1) is 6.04 Å². The minimum Gasteiger partial charge on any atom is -0.445 e. The summed E-state index contributed by atoms with van der Waals surface area (Å²) in [5.74, 6) is 0. The number of amides is 2. The van der Waals surface area contributed by atoms with Crippen molar-refractivity contribution in [3.63, 3.8) is 0 Å². The van der Waals surface area contributed by atoms with E-state index in [4.69, 9.17) is 9.47 Å². The first-order valence-corrected chi connectivity index (χ1v) is 12.1. The minimum absolute atomic E-state index is 0.184. The van der Waals surface area contributed by atoms with E-state index in [-0.39, 0.29) is 18.7 Å². The largest absolute Gasteiger partial charge is 0.445 e. The number of rotatable bonds is 7. The minimum atomic E-state index is -0.544. The summed E-state index contributed by atoms with van der Waals surface area (Å²) >= 11 is 1.58. The number of hydrogen-bond acceptors (Lipinski definition) is 5. The second-order valence-corrected chi connectivity index (χ2v) is 10.1. The number of nitrogens with one attached hydrogen (secondary N) is 1. The maximum absolute atomic E-state index is 12.5. The third-order valence-electron chi connectivity index (χ3n) is 5.03. The van der Waals surface area contributed by atoms with Crippen LogP contribution in [0.25, 0.3) is 11.1 Å². The van der Waals surface area contributed by atoms with Gasteiger partial charge < -0.3 is 19.7 Å². The predicted octanol–water partition coefficient (Wildman–Crippen LogP) is 6.77. The summed E-state index contributed by atoms with van der Waals surface area (Å²) in [5, 5.41) is 4.95. The van der Waals surface area contributed by atoms with Crippen molar-refractivity contribution in [2.24, 2.45) is 0 Å². The number of nitrogens with zero attached hydrogens (tertiary/aromatic N) is 1. The van der Waals surface area contributed by atoms with Crippen molar-refractivity contribution in [3.05, 3.63) is 82.0 Å². The predicted molar refractivity (Wildman–Crippen MR) is 136 cm³/mol. The highest BCUT2D eigenvalue weighted by molar-refractivity contribution is 7.10. The SMILES string of the molecule is CC(NC(=O)OC(C)(C)C)c1cc(-c2ccccc2CN(C)C(=O)OCc2ccccc2)cs1. The van der Waals surface area contributed by atoms with Gasteiger partial charge in [0.1, 0.15) is 12.2 Å². The second kappa shape index (κ2) is 11.2. The zero-order valence-corrected chi connectivity index (χ0v) is 21.1. The van der Waals surface area contributed by atoms with E-state index in [0.29, 0.717) is 6.54 Å². The fraction of sp³-hybridized carbons (Fsp3) is 0.333. The van der Waals surface area contributed by atoms with Gasteiger partial charge in [-0.3, -0.25) is 0 Å². The molecule has 0 saturated heterocycles. The summed E-state index contributed by atoms with van der Waals surface area (Å²) in [4.78, 5) is 27.2. The monoisotopic (exact) mass is 480 g/mol. The molecule has 7 heteroatoms. The molecule has 2 aromatic carbocycles. The highest BCUT2D eigenvalue weighted by atomic mass is 32.1. The van der Waals surface area contributed by atoms with E-state index >= 15 is 0 Å². The van der Waals surface area contributed by atoms with Gasteiger partial charge in [-0.2, -0.15) is 0 Å². The second-order valence-electron chi connectivity index (χ2n) is 9.16. The maximum Gasteiger partial charge on any atom is 0.410 e. The van der Waals surface area contributed by atoms with Crippen molar-refractivity contribution >= 4 is 23.5 Å². The normalized spacial score (nSPS) is 12.0. The lowest BCUT2D eigenvalue weighted by molar-refractivity contribution is 0.0508. The molecule has 0 saturated carbocycles. The van der Waals surface area contributed by atoms with Gasteiger partial charge >= 0.3 is 12.2 Å². The summed E-state index contributed by atoms with van der Waals surface area (Å²) in [6, 6.07) is 19.5. The molecule has 0 bridgehead atoms. The molecule has 0 aliphatic rings. The molecule has 0 spiro atoms. The van der Waals surface area contributed by atoms with Crippen LogP contribution in [0.5, 0.6) is 0 Å². The first-order chi connectivity index (χ1) is 16.1. The molecule has 34 heavy (non-hydrogen) atoms. The Kier molecular flexibility index (Phi) is 8.34. The Morgan fingerprint density at radius 2 is 1.74 bits per heavy atom. The van der Waals surface area contributed by atoms with E-state index in [1.165, 1.54) is 0 Å². The molecule has 0 fully saturated rings. The Labute approximate surface area is 205 Å². The topological polar surface area (TPSA) is 67.9 Å². The van der Waals surface area contributed by atoms with Crippen LogP contribution in [0.15, 0.2) is 66.0 Å². The maximum atomic E-state index is 12.5. The third-order valence-corrected chi connectivity index (χ3v) is 6.15. The Balaban J connectivity index is 1.65. The number of carbonyl (C=O) groups is 2. The first-order valence-electron chi connectivity index (χ1n) is 11.2. The van der Waals surface area contributed by atoms with Gasteiger partial charge in [0.25, 0.3) is 0 Å². The van der Waals surface area contributed by atoms with Crippen molar-refractivity contribution in [3.8, 4) is 11.1 Å². The lowest BCUT2D eigenvalue weighted by Crippen LogP contribution is -2.33. The Morgan fingerprint density at radius 3 is 2.44 bits per heavy atom. The smallest absolute Gasteiger partial charge is 0.410 e. The number of hydrogen-bond donors (Lipinski definition) is 1. The lowest BCUT2D eigenvalue weighted by atomic mass is 10.0. The van der Waals surface area contributed by atoms with Crippen LogP contribution in [0, 0.1) is 0 Å². The molecular formula is C27H32N2O4S. The van der Waals surface area contributed by atoms with E-state index in [1.54, 1.807) is 23.3 Å². The summed E-state index contributed by atoms with van der Waals surface area (Å²) in [7, 11) is 1.73. The fourth-order valence-corrected chi connectivity index (χ4v) is 4.28. The number of benzene rings is 2. The number of alkyl carbamates (subject to hydrolysis) is 1. The van der Waals surface area contributed by atoms with E-state index in [0.717, 1.165) is 27.1 Å². The molecule has 1 heterocycles. The average molecular weight is 481 g/mol. The first kappa shape index (κ1) is 25.3. The molecule has 1 atom stereocenters. The Hall–Kier alpha value is -3.32. The van der Waals surface area contributed by atoms with Crippen molar-refractivity contribution in [1.29, 1.82) is 0 Å². The molecule has 180 valence electrons. The van der Waals surface area contributed by atoms with Crippen LogP contribution in [-0.4, -0.2) is 29.7 Å². The molecule has 0 aliphatic heterocycles. The van der Waals surface area contributed by atoms with Gasteiger partial charge in [-0.15, -0.1) is 11.3 Å². The van der Waals surface area contributed by atoms with Crippen molar-refractivity contribution in [1.82, 2.24) is 10.2 Å². The average Bonchev–Trinajstić information content (AvgIpc) is 3.27. The van der Waals surface area contributed by atoms with Gasteiger partial charge in [0.2, 0.25) is 0 Å². The highest BCUT2D eigenvalue weighted by Gasteiger charge is 2.20. The van der Waals surface area contributed by atoms with E-state index < -0.39 is 11.7 Å². The quantitative estimate of drug-likeness (QED) is 0.405. The van der Waals surface area contributed by atoms with E-state index in [1.807, 2.05) is 82.3 Å².